The third-order valence-electron chi connectivity index (χ3n) is 6.11. The first-order chi connectivity index (χ1) is 20.2. The van der Waals surface area contributed by atoms with Crippen LogP contribution in [0.25, 0.3) is 6.08 Å². The monoisotopic (exact) mass is 663 g/mol. The van der Waals surface area contributed by atoms with E-state index < -0.39 is 23.8 Å². The highest BCUT2D eigenvalue weighted by molar-refractivity contribution is 9.10. The molecule has 1 aliphatic rings. The van der Waals surface area contributed by atoms with Crippen LogP contribution in [-0.4, -0.2) is 30.4 Å². The lowest BCUT2D eigenvalue weighted by molar-refractivity contribution is -0.121. The van der Waals surface area contributed by atoms with Crippen LogP contribution in [0.15, 0.2) is 107 Å². The van der Waals surface area contributed by atoms with Gasteiger partial charge in [-0.3, -0.25) is 14.4 Å². The van der Waals surface area contributed by atoms with E-state index in [1.807, 2.05) is 0 Å². The summed E-state index contributed by atoms with van der Waals surface area (Å²) in [4.78, 5) is 54.8. The molecule has 5 amide bonds. The van der Waals surface area contributed by atoms with Gasteiger partial charge in [0.25, 0.3) is 17.7 Å². The zero-order valence-electron chi connectivity index (χ0n) is 21.6. The van der Waals surface area contributed by atoms with Crippen molar-refractivity contribution in [3.05, 3.63) is 123 Å². The van der Waals surface area contributed by atoms with Gasteiger partial charge >= 0.3 is 6.03 Å². The van der Waals surface area contributed by atoms with E-state index in [0.717, 1.165) is 9.80 Å². The van der Waals surface area contributed by atoms with Crippen molar-refractivity contribution in [3.8, 4) is 5.75 Å². The molecule has 1 aliphatic heterocycles. The lowest BCUT2D eigenvalue weighted by Crippen LogP contribution is -2.57. The molecule has 1 saturated heterocycles. The Balaban J connectivity index is 1.38. The van der Waals surface area contributed by atoms with E-state index in [9.17, 15) is 19.2 Å². The van der Waals surface area contributed by atoms with E-state index >= 15 is 0 Å². The molecule has 1 N–H and O–H groups in total. The lowest BCUT2D eigenvalue weighted by atomic mass is 10.0. The number of benzene rings is 4. The van der Waals surface area contributed by atoms with Crippen molar-refractivity contribution in [1.29, 1.82) is 0 Å². The average molecular weight is 665 g/mol. The molecular formula is C31H20BrCl2N3O5. The maximum atomic E-state index is 13.5. The summed E-state index contributed by atoms with van der Waals surface area (Å²) in [5, 5.41) is 3.35. The van der Waals surface area contributed by atoms with Crippen LogP contribution >= 0.6 is 39.1 Å². The quantitative estimate of drug-likeness (QED) is 0.165. The van der Waals surface area contributed by atoms with Gasteiger partial charge in [0, 0.05) is 5.69 Å². The zero-order chi connectivity index (χ0) is 29.8. The van der Waals surface area contributed by atoms with Gasteiger partial charge < -0.3 is 10.1 Å². The van der Waals surface area contributed by atoms with Crippen molar-refractivity contribution < 1.29 is 23.9 Å². The molecule has 4 aromatic rings. The molecule has 4 aromatic carbocycles. The molecule has 0 saturated carbocycles. The molecular weight excluding hydrogens is 645 g/mol. The number of anilines is 3. The molecule has 8 nitrogen and oxygen atoms in total. The molecule has 1 heterocycles. The standard InChI is InChI=1S/C31H20BrCl2N3O5/c32-24-16-19(11-14-27(24)42-18-28(38)35-20-12-13-25(33)26(34)17-20)15-23-29(39)36(21-7-3-1-4-8-21)31(41)37(30(23)40)22-9-5-2-6-10-22/h1-17H,18H2,(H,35,38). The smallest absolute Gasteiger partial charge is 0.343 e. The molecule has 0 radical (unpaired) electrons. The van der Waals surface area contributed by atoms with Crippen molar-refractivity contribution in [2.45, 2.75) is 0 Å². The highest BCUT2D eigenvalue weighted by Crippen LogP contribution is 2.32. The Bertz CT molecular complexity index is 1670. The van der Waals surface area contributed by atoms with Crippen LogP contribution in [-0.2, 0) is 14.4 Å². The van der Waals surface area contributed by atoms with E-state index in [0.29, 0.717) is 42.9 Å². The summed E-state index contributed by atoms with van der Waals surface area (Å²) in [6, 6.07) is 25.6. The summed E-state index contributed by atoms with van der Waals surface area (Å²) >= 11 is 15.3. The molecule has 0 unspecified atom stereocenters. The third-order valence-corrected chi connectivity index (χ3v) is 7.47. The van der Waals surface area contributed by atoms with Crippen LogP contribution in [0.4, 0.5) is 21.9 Å². The van der Waals surface area contributed by atoms with Gasteiger partial charge in [-0.2, -0.15) is 0 Å². The Kier molecular flexibility index (Phi) is 8.72. The maximum Gasteiger partial charge on any atom is 0.343 e. The molecule has 0 aliphatic carbocycles. The fourth-order valence-electron chi connectivity index (χ4n) is 4.14. The minimum atomic E-state index is -0.774. The van der Waals surface area contributed by atoms with Gasteiger partial charge in [-0.15, -0.1) is 0 Å². The maximum absolute atomic E-state index is 13.5. The number of para-hydroxylation sites is 2. The largest absolute Gasteiger partial charge is 0.483 e. The number of rotatable bonds is 7. The van der Waals surface area contributed by atoms with Gasteiger partial charge in [0.2, 0.25) is 0 Å². The number of nitrogens with zero attached hydrogens (tertiary/aromatic N) is 2. The number of carbonyl (C=O) groups is 4. The second-order valence-corrected chi connectivity index (χ2v) is 10.6. The van der Waals surface area contributed by atoms with Gasteiger partial charge in [-0.25, -0.2) is 14.6 Å². The molecule has 11 heteroatoms. The molecule has 0 atom stereocenters. The number of imide groups is 2. The van der Waals surface area contributed by atoms with Crippen molar-refractivity contribution >= 4 is 86.0 Å². The van der Waals surface area contributed by atoms with Crippen LogP contribution in [0.5, 0.6) is 5.75 Å². The van der Waals surface area contributed by atoms with E-state index in [1.165, 1.54) is 12.1 Å². The lowest BCUT2D eigenvalue weighted by Gasteiger charge is -2.33. The Morgan fingerprint density at radius 1 is 0.786 bits per heavy atom. The number of barbiturate groups is 1. The van der Waals surface area contributed by atoms with E-state index in [1.54, 1.807) is 91.0 Å². The Hall–Kier alpha value is -4.44. The van der Waals surface area contributed by atoms with Gasteiger partial charge in [-0.05, 0) is 82.2 Å². The summed E-state index contributed by atoms with van der Waals surface area (Å²) in [6.45, 7) is -0.295. The molecule has 0 spiro atoms. The first-order valence-corrected chi connectivity index (χ1v) is 14.0. The van der Waals surface area contributed by atoms with Gasteiger partial charge in [-0.1, -0.05) is 65.7 Å². The second kappa shape index (κ2) is 12.6. The van der Waals surface area contributed by atoms with Crippen LogP contribution < -0.4 is 19.9 Å². The van der Waals surface area contributed by atoms with E-state index in [-0.39, 0.29) is 12.2 Å². The normalized spacial score (nSPS) is 13.3. The van der Waals surface area contributed by atoms with Crippen LogP contribution in [0.3, 0.4) is 0 Å². The molecule has 0 aromatic heterocycles. The number of amides is 5. The number of halogens is 3. The summed E-state index contributed by atoms with van der Waals surface area (Å²) < 4.78 is 6.12. The fourth-order valence-corrected chi connectivity index (χ4v) is 4.95. The predicted molar refractivity (Wildman–Crippen MR) is 166 cm³/mol. The van der Waals surface area contributed by atoms with Crippen LogP contribution in [0.2, 0.25) is 10.0 Å². The van der Waals surface area contributed by atoms with Crippen molar-refractivity contribution in [2.24, 2.45) is 0 Å². The Morgan fingerprint density at radius 2 is 1.38 bits per heavy atom. The molecule has 210 valence electrons. The molecule has 0 bridgehead atoms. The highest BCUT2D eigenvalue weighted by Gasteiger charge is 2.43. The fraction of sp³-hybridized carbons (Fsp3) is 0.0323. The molecule has 5 rings (SSSR count). The summed E-state index contributed by atoms with van der Waals surface area (Å²) in [6.07, 6.45) is 1.41. The van der Waals surface area contributed by atoms with Crippen molar-refractivity contribution in [1.82, 2.24) is 0 Å². The topological polar surface area (TPSA) is 96.0 Å². The number of urea groups is 1. The highest BCUT2D eigenvalue weighted by atomic mass is 79.9. The van der Waals surface area contributed by atoms with Crippen LogP contribution in [0.1, 0.15) is 5.56 Å². The third kappa shape index (κ3) is 6.23. The molecule has 1 fully saturated rings. The van der Waals surface area contributed by atoms with Gasteiger partial charge in [0.15, 0.2) is 6.61 Å². The first-order valence-electron chi connectivity index (χ1n) is 12.4. The zero-order valence-corrected chi connectivity index (χ0v) is 24.7. The predicted octanol–water partition coefficient (Wildman–Crippen LogP) is 7.36. The Morgan fingerprint density at radius 3 is 1.93 bits per heavy atom. The number of hydrogen-bond acceptors (Lipinski definition) is 5. The van der Waals surface area contributed by atoms with Crippen molar-refractivity contribution in [3.63, 3.8) is 0 Å². The number of ether oxygens (including phenoxy) is 1. The summed E-state index contributed by atoms with van der Waals surface area (Å²) in [5.41, 5.74) is 1.41. The SMILES string of the molecule is O=C(COc1ccc(C=C2C(=O)N(c3ccccc3)C(=O)N(c3ccccc3)C2=O)cc1Br)Nc1ccc(Cl)c(Cl)c1. The van der Waals surface area contributed by atoms with E-state index in [4.69, 9.17) is 27.9 Å². The summed E-state index contributed by atoms with van der Waals surface area (Å²) in [5.74, 6) is -1.57. The second-order valence-electron chi connectivity index (χ2n) is 8.95. The van der Waals surface area contributed by atoms with Gasteiger partial charge in [0.1, 0.15) is 11.3 Å². The minimum absolute atomic E-state index is 0.205. The number of hydrogen-bond donors (Lipinski definition) is 1. The molecule has 42 heavy (non-hydrogen) atoms. The van der Waals surface area contributed by atoms with Crippen LogP contribution in [0, 0.1) is 0 Å². The van der Waals surface area contributed by atoms with Gasteiger partial charge in [0.05, 0.1) is 25.9 Å². The minimum Gasteiger partial charge on any atom is -0.483 e. The first kappa shape index (κ1) is 29.1. The van der Waals surface area contributed by atoms with Crippen molar-refractivity contribution in [2.75, 3.05) is 21.7 Å². The average Bonchev–Trinajstić information content (AvgIpc) is 2.98. The van der Waals surface area contributed by atoms with E-state index in [2.05, 4.69) is 21.2 Å². The number of nitrogens with one attached hydrogen (secondary N) is 1. The summed E-state index contributed by atoms with van der Waals surface area (Å²) in [7, 11) is 0. The Labute approximate surface area is 259 Å². The number of carbonyl (C=O) groups excluding carboxylic acids is 4.